The lowest BCUT2D eigenvalue weighted by Gasteiger charge is -2.08. The van der Waals surface area contributed by atoms with E-state index < -0.39 is 0 Å². The molecular weight excluding hydrogens is 412 g/mol. The lowest BCUT2D eigenvalue weighted by Crippen LogP contribution is -2.03. The van der Waals surface area contributed by atoms with Crippen LogP contribution in [0.25, 0.3) is 11.1 Å². The first-order chi connectivity index (χ1) is 12.4. The Morgan fingerprint density at radius 2 is 1.54 bits per heavy atom. The van der Waals surface area contributed by atoms with Gasteiger partial charge in [-0.25, -0.2) is 0 Å². The molecule has 0 aliphatic rings. The van der Waals surface area contributed by atoms with E-state index in [1.165, 1.54) is 0 Å². The number of aromatic nitrogens is 1. The number of ketones is 1. The Bertz CT molecular complexity index is 1010. The van der Waals surface area contributed by atoms with Crippen LogP contribution in [0.15, 0.2) is 61.4 Å². The van der Waals surface area contributed by atoms with E-state index in [4.69, 9.17) is 46.4 Å². The maximum atomic E-state index is 13.1. The van der Waals surface area contributed by atoms with E-state index in [0.29, 0.717) is 48.9 Å². The summed E-state index contributed by atoms with van der Waals surface area (Å²) in [6, 6.07) is 9.97. The predicted molar refractivity (Wildman–Crippen MR) is 110 cm³/mol. The molecule has 0 amide bonds. The van der Waals surface area contributed by atoms with Crippen molar-refractivity contribution in [1.82, 2.24) is 4.57 Å². The summed E-state index contributed by atoms with van der Waals surface area (Å²) < 4.78 is 1.87. The van der Waals surface area contributed by atoms with E-state index in [2.05, 4.69) is 6.58 Å². The highest BCUT2D eigenvalue weighted by molar-refractivity contribution is 6.38. The summed E-state index contributed by atoms with van der Waals surface area (Å²) in [7, 11) is 0. The number of hydrogen-bond donors (Lipinski definition) is 0. The number of benzene rings is 2. The van der Waals surface area contributed by atoms with Crippen LogP contribution in [0, 0.1) is 0 Å². The van der Waals surface area contributed by atoms with Crippen molar-refractivity contribution in [3.63, 3.8) is 0 Å². The number of hydrogen-bond acceptors (Lipinski definition) is 1. The van der Waals surface area contributed by atoms with E-state index in [1.54, 1.807) is 48.7 Å². The minimum atomic E-state index is -0.213. The fourth-order valence-corrected chi connectivity index (χ4v) is 3.69. The smallest absolute Gasteiger partial charge is 0.196 e. The largest absolute Gasteiger partial charge is 0.349 e. The van der Waals surface area contributed by atoms with Crippen LogP contribution in [0.1, 0.15) is 15.9 Å². The van der Waals surface area contributed by atoms with Crippen LogP contribution in [0.2, 0.25) is 20.1 Å². The van der Waals surface area contributed by atoms with Crippen molar-refractivity contribution in [2.45, 2.75) is 6.54 Å². The van der Waals surface area contributed by atoms with Crippen LogP contribution in [-0.4, -0.2) is 10.4 Å². The summed E-state index contributed by atoms with van der Waals surface area (Å²) in [4.78, 5) is 13.1. The monoisotopic (exact) mass is 423 g/mol. The van der Waals surface area contributed by atoms with Gasteiger partial charge in [0, 0.05) is 56.3 Å². The Morgan fingerprint density at radius 1 is 0.885 bits per heavy atom. The Morgan fingerprint density at radius 3 is 2.15 bits per heavy atom. The van der Waals surface area contributed by atoms with Gasteiger partial charge >= 0.3 is 0 Å². The molecule has 0 bridgehead atoms. The molecule has 2 nitrogen and oxygen atoms in total. The maximum absolute atomic E-state index is 13.1. The van der Waals surface area contributed by atoms with E-state index >= 15 is 0 Å². The van der Waals surface area contributed by atoms with Crippen LogP contribution in [0.4, 0.5) is 0 Å². The number of nitrogens with zero attached hydrogens (tertiary/aromatic N) is 1. The highest BCUT2D eigenvalue weighted by Gasteiger charge is 2.21. The summed E-state index contributed by atoms with van der Waals surface area (Å²) in [5, 5.41) is 1.76. The summed E-state index contributed by atoms with van der Waals surface area (Å²) in [5.41, 5.74) is 2.27. The summed E-state index contributed by atoms with van der Waals surface area (Å²) in [6.45, 7) is 4.29. The molecule has 3 rings (SSSR count). The first kappa shape index (κ1) is 19.1. The molecule has 0 saturated carbocycles. The zero-order chi connectivity index (χ0) is 18.8. The molecule has 1 heterocycles. The third-order valence-electron chi connectivity index (χ3n) is 3.86. The van der Waals surface area contributed by atoms with Gasteiger partial charge < -0.3 is 4.57 Å². The average molecular weight is 425 g/mol. The van der Waals surface area contributed by atoms with Gasteiger partial charge in [0.25, 0.3) is 0 Å². The van der Waals surface area contributed by atoms with E-state index in [1.807, 2.05) is 10.8 Å². The first-order valence-corrected chi connectivity index (χ1v) is 9.17. The number of carbonyl (C=O) groups is 1. The van der Waals surface area contributed by atoms with Gasteiger partial charge in [-0.3, -0.25) is 4.79 Å². The molecule has 6 heteroatoms. The molecule has 0 saturated heterocycles. The highest BCUT2D eigenvalue weighted by atomic mass is 35.5. The SMILES string of the molecule is C=CCn1cc(C(=O)c2ccc(Cl)cc2Cl)c(-c2ccc(Cl)cc2Cl)c1. The van der Waals surface area contributed by atoms with E-state index in [-0.39, 0.29) is 5.78 Å². The van der Waals surface area contributed by atoms with Crippen LogP contribution in [0.5, 0.6) is 0 Å². The van der Waals surface area contributed by atoms with E-state index in [9.17, 15) is 4.79 Å². The Balaban J connectivity index is 2.16. The molecule has 1 aromatic heterocycles. The molecule has 132 valence electrons. The van der Waals surface area contributed by atoms with Gasteiger partial charge in [0.1, 0.15) is 0 Å². The lowest BCUT2D eigenvalue weighted by atomic mass is 9.98. The molecule has 0 aliphatic carbocycles. The van der Waals surface area contributed by atoms with Gasteiger partial charge in [-0.1, -0.05) is 58.5 Å². The van der Waals surface area contributed by atoms with Crippen LogP contribution < -0.4 is 0 Å². The second kappa shape index (κ2) is 7.89. The van der Waals surface area contributed by atoms with Gasteiger partial charge in [0.15, 0.2) is 5.78 Å². The Labute approximate surface area is 171 Å². The van der Waals surface area contributed by atoms with E-state index in [0.717, 1.165) is 0 Å². The number of halogens is 4. The Hall–Kier alpha value is -1.71. The zero-order valence-electron chi connectivity index (χ0n) is 13.5. The molecule has 0 aliphatic heterocycles. The molecule has 0 fully saturated rings. The topological polar surface area (TPSA) is 22.0 Å². The fraction of sp³-hybridized carbons (Fsp3) is 0.0500. The van der Waals surface area contributed by atoms with Crippen LogP contribution in [0.3, 0.4) is 0 Å². The lowest BCUT2D eigenvalue weighted by molar-refractivity contribution is 0.103. The number of carbonyl (C=O) groups excluding carboxylic acids is 1. The molecule has 2 aromatic carbocycles. The number of allylic oxidation sites excluding steroid dienone is 1. The normalized spacial score (nSPS) is 10.8. The van der Waals surface area contributed by atoms with Gasteiger partial charge in [-0.2, -0.15) is 0 Å². The van der Waals surface area contributed by atoms with Crippen molar-refractivity contribution in [3.8, 4) is 11.1 Å². The summed E-state index contributed by atoms with van der Waals surface area (Å²) in [5.74, 6) is -0.213. The van der Waals surface area contributed by atoms with Crippen molar-refractivity contribution in [2.24, 2.45) is 0 Å². The molecule has 0 N–H and O–H groups in total. The van der Waals surface area contributed by atoms with Gasteiger partial charge in [-0.15, -0.1) is 6.58 Å². The summed E-state index contributed by atoms with van der Waals surface area (Å²) >= 11 is 24.5. The van der Waals surface area contributed by atoms with Gasteiger partial charge in [0.05, 0.1) is 5.02 Å². The molecule has 26 heavy (non-hydrogen) atoms. The minimum absolute atomic E-state index is 0.213. The van der Waals surface area contributed by atoms with Crippen LogP contribution in [-0.2, 0) is 6.54 Å². The van der Waals surface area contributed by atoms with Gasteiger partial charge in [0.2, 0.25) is 0 Å². The maximum Gasteiger partial charge on any atom is 0.196 e. The van der Waals surface area contributed by atoms with Crippen molar-refractivity contribution in [3.05, 3.63) is 92.7 Å². The molecule has 3 aromatic rings. The molecule has 0 atom stereocenters. The van der Waals surface area contributed by atoms with Crippen molar-refractivity contribution in [1.29, 1.82) is 0 Å². The second-order valence-corrected chi connectivity index (χ2v) is 7.34. The molecular formula is C20H13Cl4NO. The minimum Gasteiger partial charge on any atom is -0.349 e. The predicted octanol–water partition coefficient (Wildman–Crippen LogP) is 7.19. The Kier molecular flexibility index (Phi) is 5.79. The summed E-state index contributed by atoms with van der Waals surface area (Å²) in [6.07, 6.45) is 5.36. The van der Waals surface area contributed by atoms with Crippen LogP contribution >= 0.6 is 46.4 Å². The van der Waals surface area contributed by atoms with Crippen molar-refractivity contribution >= 4 is 52.2 Å². The highest BCUT2D eigenvalue weighted by Crippen LogP contribution is 2.35. The fourth-order valence-electron chi connectivity index (χ4n) is 2.68. The standard InChI is InChI=1S/C20H13Cl4NO/c1-2-7-25-10-16(14-5-3-12(21)8-18(14)23)17(11-25)20(26)15-6-4-13(22)9-19(15)24/h2-6,8-11H,1,7H2. The van der Waals surface area contributed by atoms with Crippen molar-refractivity contribution in [2.75, 3.05) is 0 Å². The zero-order valence-corrected chi connectivity index (χ0v) is 16.5. The first-order valence-electron chi connectivity index (χ1n) is 7.66. The number of rotatable bonds is 5. The molecule has 0 unspecified atom stereocenters. The third-order valence-corrected chi connectivity index (χ3v) is 4.96. The third kappa shape index (κ3) is 3.84. The van der Waals surface area contributed by atoms with Gasteiger partial charge in [-0.05, 0) is 30.3 Å². The average Bonchev–Trinajstić information content (AvgIpc) is 2.98. The quantitative estimate of drug-likeness (QED) is 0.313. The molecule has 0 spiro atoms. The second-order valence-electron chi connectivity index (χ2n) is 5.65. The van der Waals surface area contributed by atoms with Crippen molar-refractivity contribution < 1.29 is 4.79 Å². The molecule has 0 radical (unpaired) electrons.